The van der Waals surface area contributed by atoms with Gasteiger partial charge in [-0.1, -0.05) is 36.4 Å². The van der Waals surface area contributed by atoms with Crippen LogP contribution in [0, 0.1) is 0 Å². The summed E-state index contributed by atoms with van der Waals surface area (Å²) < 4.78 is 0. The zero-order valence-electron chi connectivity index (χ0n) is 11.6. The molecule has 2 aromatic rings. The molecule has 0 atom stereocenters. The van der Waals surface area contributed by atoms with Crippen LogP contribution in [0.25, 0.3) is 10.8 Å². The highest BCUT2D eigenvalue weighted by Gasteiger charge is 2.27. The number of rotatable bonds is 3. The van der Waals surface area contributed by atoms with Crippen molar-refractivity contribution in [3.05, 3.63) is 48.0 Å². The van der Waals surface area contributed by atoms with Crippen LogP contribution in [0.15, 0.2) is 42.5 Å². The highest BCUT2D eigenvalue weighted by Crippen LogP contribution is 2.17. The highest BCUT2D eigenvalue weighted by molar-refractivity contribution is 5.85. The number of carbonyl (C=O) groups is 1. The van der Waals surface area contributed by atoms with Crippen LogP contribution in [0.4, 0.5) is 0 Å². The molecule has 19 heavy (non-hydrogen) atoms. The fraction of sp³-hybridized carbons (Fsp3) is 0.312. The Bertz CT molecular complexity index is 599. The lowest BCUT2D eigenvalue weighted by Gasteiger charge is -2.25. The number of hydrogen-bond acceptors (Lipinski definition) is 2. The second kappa shape index (κ2) is 5.02. The Labute approximate surface area is 113 Å². The zero-order valence-corrected chi connectivity index (χ0v) is 11.6. The molecule has 2 rings (SSSR count). The van der Waals surface area contributed by atoms with Crippen LogP contribution in [0.3, 0.4) is 0 Å². The van der Waals surface area contributed by atoms with E-state index in [1.807, 2.05) is 24.3 Å². The van der Waals surface area contributed by atoms with E-state index in [2.05, 4.69) is 18.2 Å². The minimum absolute atomic E-state index is 0.277. The molecular weight excluding hydrogens is 238 g/mol. The predicted molar refractivity (Wildman–Crippen MR) is 76.7 cm³/mol. The van der Waals surface area contributed by atoms with Crippen LogP contribution >= 0.6 is 0 Å². The van der Waals surface area contributed by atoms with Gasteiger partial charge in [-0.2, -0.15) is 0 Å². The van der Waals surface area contributed by atoms with Crippen LogP contribution < -0.4 is 0 Å². The maximum Gasteiger partial charge on any atom is 0.253 e. The van der Waals surface area contributed by atoms with Gasteiger partial charge in [-0.05, 0) is 36.2 Å². The number of carbonyl (C=O) groups excluding carboxylic acids is 1. The molecule has 0 bridgehead atoms. The van der Waals surface area contributed by atoms with Gasteiger partial charge in [0.1, 0.15) is 5.60 Å². The van der Waals surface area contributed by atoms with E-state index in [4.69, 9.17) is 0 Å². The first kappa shape index (κ1) is 13.6. The molecule has 0 aliphatic heterocycles. The van der Waals surface area contributed by atoms with Crippen molar-refractivity contribution in [3.63, 3.8) is 0 Å². The molecule has 0 saturated carbocycles. The SMILES string of the molecule is CN(Cc1ccc2ccccc2c1)C(=O)C(C)(C)O. The van der Waals surface area contributed by atoms with Gasteiger partial charge in [0, 0.05) is 13.6 Å². The summed E-state index contributed by atoms with van der Waals surface area (Å²) in [5, 5.41) is 12.1. The Hall–Kier alpha value is -1.87. The molecule has 0 aliphatic carbocycles. The lowest BCUT2D eigenvalue weighted by atomic mass is 10.1. The second-order valence-electron chi connectivity index (χ2n) is 5.40. The van der Waals surface area contributed by atoms with E-state index in [9.17, 15) is 9.90 Å². The molecule has 0 fully saturated rings. The number of benzene rings is 2. The van der Waals surface area contributed by atoms with Crippen molar-refractivity contribution >= 4 is 16.7 Å². The molecule has 100 valence electrons. The van der Waals surface area contributed by atoms with Crippen molar-refractivity contribution in [1.82, 2.24) is 4.90 Å². The maximum absolute atomic E-state index is 11.9. The Balaban J connectivity index is 2.19. The standard InChI is InChI=1S/C16H19NO2/c1-16(2,19)15(18)17(3)11-12-8-9-13-6-4-5-7-14(13)10-12/h4-10,19H,11H2,1-3H3. The smallest absolute Gasteiger partial charge is 0.253 e. The summed E-state index contributed by atoms with van der Waals surface area (Å²) in [5.74, 6) is -0.277. The molecular formula is C16H19NO2. The number of nitrogens with zero attached hydrogens (tertiary/aromatic N) is 1. The normalized spacial score (nSPS) is 11.6. The lowest BCUT2D eigenvalue weighted by molar-refractivity contribution is -0.146. The Morgan fingerprint density at radius 2 is 1.79 bits per heavy atom. The van der Waals surface area contributed by atoms with Crippen molar-refractivity contribution in [2.24, 2.45) is 0 Å². The molecule has 0 aromatic heterocycles. The van der Waals surface area contributed by atoms with Gasteiger partial charge in [0.25, 0.3) is 5.91 Å². The first-order valence-corrected chi connectivity index (χ1v) is 6.33. The number of hydrogen-bond donors (Lipinski definition) is 1. The minimum atomic E-state index is -1.33. The molecule has 3 nitrogen and oxygen atoms in total. The Kier molecular flexibility index (Phi) is 3.58. The molecule has 0 unspecified atom stereocenters. The second-order valence-corrected chi connectivity index (χ2v) is 5.40. The van der Waals surface area contributed by atoms with Crippen LogP contribution in [0.2, 0.25) is 0 Å². The van der Waals surface area contributed by atoms with Gasteiger partial charge in [0.2, 0.25) is 0 Å². The first-order valence-electron chi connectivity index (χ1n) is 6.33. The van der Waals surface area contributed by atoms with Gasteiger partial charge >= 0.3 is 0 Å². The van der Waals surface area contributed by atoms with Gasteiger partial charge in [0.15, 0.2) is 0 Å². The number of fused-ring (bicyclic) bond motifs is 1. The fourth-order valence-electron chi connectivity index (χ4n) is 2.15. The number of likely N-dealkylation sites (N-methyl/N-ethyl adjacent to an activating group) is 1. The monoisotopic (exact) mass is 257 g/mol. The van der Waals surface area contributed by atoms with E-state index < -0.39 is 5.60 Å². The maximum atomic E-state index is 11.9. The van der Waals surface area contributed by atoms with Crippen molar-refractivity contribution in [3.8, 4) is 0 Å². The van der Waals surface area contributed by atoms with Gasteiger partial charge in [-0.15, -0.1) is 0 Å². The van der Waals surface area contributed by atoms with Crippen molar-refractivity contribution < 1.29 is 9.90 Å². The topological polar surface area (TPSA) is 40.5 Å². The van der Waals surface area contributed by atoms with Crippen LogP contribution in [0.1, 0.15) is 19.4 Å². The molecule has 1 amide bonds. The third-order valence-electron chi connectivity index (χ3n) is 3.10. The summed E-state index contributed by atoms with van der Waals surface area (Å²) >= 11 is 0. The zero-order chi connectivity index (χ0) is 14.0. The van der Waals surface area contributed by atoms with E-state index >= 15 is 0 Å². The van der Waals surface area contributed by atoms with Crippen LogP contribution in [-0.4, -0.2) is 28.6 Å². The van der Waals surface area contributed by atoms with E-state index in [0.717, 1.165) is 10.9 Å². The number of amides is 1. The minimum Gasteiger partial charge on any atom is -0.381 e. The largest absolute Gasteiger partial charge is 0.381 e. The van der Waals surface area contributed by atoms with Crippen LogP contribution in [0.5, 0.6) is 0 Å². The van der Waals surface area contributed by atoms with E-state index in [1.165, 1.54) is 19.2 Å². The molecule has 0 heterocycles. The number of aliphatic hydroxyl groups is 1. The average molecular weight is 257 g/mol. The van der Waals surface area contributed by atoms with Gasteiger partial charge in [-0.3, -0.25) is 4.79 Å². The molecule has 0 aliphatic rings. The fourth-order valence-corrected chi connectivity index (χ4v) is 2.15. The van der Waals surface area contributed by atoms with E-state index in [0.29, 0.717) is 6.54 Å². The Morgan fingerprint density at radius 1 is 1.16 bits per heavy atom. The molecule has 3 heteroatoms. The summed E-state index contributed by atoms with van der Waals surface area (Å²) in [6.07, 6.45) is 0. The van der Waals surface area contributed by atoms with Gasteiger partial charge in [0.05, 0.1) is 0 Å². The average Bonchev–Trinajstić information content (AvgIpc) is 2.36. The summed E-state index contributed by atoms with van der Waals surface area (Å²) in [4.78, 5) is 13.5. The molecule has 1 N–H and O–H groups in total. The van der Waals surface area contributed by atoms with E-state index in [-0.39, 0.29) is 5.91 Å². The molecule has 2 aromatic carbocycles. The van der Waals surface area contributed by atoms with Gasteiger partial charge in [-0.25, -0.2) is 0 Å². The highest BCUT2D eigenvalue weighted by atomic mass is 16.3. The summed E-state index contributed by atoms with van der Waals surface area (Å²) in [5.41, 5.74) is -0.273. The van der Waals surface area contributed by atoms with E-state index in [1.54, 1.807) is 11.9 Å². The third-order valence-corrected chi connectivity index (χ3v) is 3.10. The quantitative estimate of drug-likeness (QED) is 0.918. The third kappa shape index (κ3) is 3.12. The lowest BCUT2D eigenvalue weighted by Crippen LogP contribution is -2.42. The summed E-state index contributed by atoms with van der Waals surface area (Å²) in [6.45, 7) is 3.51. The Morgan fingerprint density at radius 3 is 2.42 bits per heavy atom. The summed E-state index contributed by atoms with van der Waals surface area (Å²) in [7, 11) is 1.70. The molecule has 0 spiro atoms. The predicted octanol–water partition coefficient (Wildman–Crippen LogP) is 2.57. The molecule has 0 radical (unpaired) electrons. The van der Waals surface area contributed by atoms with Crippen LogP contribution in [-0.2, 0) is 11.3 Å². The van der Waals surface area contributed by atoms with Gasteiger partial charge < -0.3 is 10.0 Å². The van der Waals surface area contributed by atoms with Crippen molar-refractivity contribution in [2.45, 2.75) is 26.0 Å². The van der Waals surface area contributed by atoms with Crippen molar-refractivity contribution in [1.29, 1.82) is 0 Å². The van der Waals surface area contributed by atoms with Crippen molar-refractivity contribution in [2.75, 3.05) is 7.05 Å². The summed E-state index contributed by atoms with van der Waals surface area (Å²) in [6, 6.07) is 14.2. The first-order chi connectivity index (χ1) is 8.88. The molecule has 0 saturated heterocycles.